The lowest BCUT2D eigenvalue weighted by molar-refractivity contribution is 0.385. The average molecular weight is 301 g/mol. The highest BCUT2D eigenvalue weighted by Crippen LogP contribution is 2.25. The van der Waals surface area contributed by atoms with E-state index in [-0.39, 0.29) is 37.4 Å². The van der Waals surface area contributed by atoms with Crippen LogP contribution in [0.15, 0.2) is 12.1 Å². The third-order valence-electron chi connectivity index (χ3n) is 3.23. The maximum atomic E-state index is 13.9. The molecule has 5 nitrogen and oxygen atoms in total. The first-order valence-electron chi connectivity index (χ1n) is 5.92. The van der Waals surface area contributed by atoms with Gasteiger partial charge < -0.3 is 4.90 Å². The summed E-state index contributed by atoms with van der Waals surface area (Å²) in [5.41, 5.74) is -0.296. The molecule has 0 N–H and O–H groups in total. The average Bonchev–Trinajstić information content (AvgIpc) is 2.41. The van der Waals surface area contributed by atoms with Crippen LogP contribution in [0, 0.1) is 23.0 Å². The monoisotopic (exact) mass is 301 g/mol. The van der Waals surface area contributed by atoms with Crippen molar-refractivity contribution in [3.63, 3.8) is 0 Å². The van der Waals surface area contributed by atoms with E-state index in [2.05, 4.69) is 0 Å². The fourth-order valence-electron chi connectivity index (χ4n) is 2.13. The highest BCUT2D eigenvalue weighted by atomic mass is 32.2. The molecule has 1 saturated heterocycles. The number of nitrogens with zero attached hydrogens (tertiary/aromatic N) is 3. The molecule has 1 aliphatic rings. The molecule has 0 amide bonds. The van der Waals surface area contributed by atoms with Crippen LogP contribution in [0.4, 0.5) is 14.5 Å². The Kier molecular flexibility index (Phi) is 3.92. The van der Waals surface area contributed by atoms with Crippen LogP contribution in [0.25, 0.3) is 0 Å². The number of anilines is 1. The maximum Gasteiger partial charge on any atom is 0.211 e. The van der Waals surface area contributed by atoms with Crippen LogP contribution in [0.3, 0.4) is 0 Å². The third kappa shape index (κ3) is 2.73. The molecular formula is C12H13F2N3O2S. The second-order valence-electron chi connectivity index (χ2n) is 4.52. The molecule has 20 heavy (non-hydrogen) atoms. The van der Waals surface area contributed by atoms with Crippen LogP contribution in [0.2, 0.25) is 0 Å². The van der Waals surface area contributed by atoms with Gasteiger partial charge in [0, 0.05) is 26.2 Å². The molecule has 1 fully saturated rings. The number of piperazine rings is 1. The van der Waals surface area contributed by atoms with Crippen molar-refractivity contribution in [1.29, 1.82) is 5.26 Å². The van der Waals surface area contributed by atoms with Crippen LogP contribution in [0.5, 0.6) is 0 Å². The van der Waals surface area contributed by atoms with E-state index in [4.69, 9.17) is 5.26 Å². The number of halogens is 2. The summed E-state index contributed by atoms with van der Waals surface area (Å²) in [5, 5.41) is 8.62. The third-order valence-corrected chi connectivity index (χ3v) is 4.53. The summed E-state index contributed by atoms with van der Waals surface area (Å²) in [5.74, 6) is -2.24. The van der Waals surface area contributed by atoms with Crippen molar-refractivity contribution in [2.45, 2.75) is 0 Å². The molecule has 0 bridgehead atoms. The van der Waals surface area contributed by atoms with E-state index in [1.54, 1.807) is 11.0 Å². The predicted octanol–water partition coefficient (Wildman–Crippen LogP) is 0.918. The summed E-state index contributed by atoms with van der Waals surface area (Å²) in [6, 6.07) is 4.13. The first-order chi connectivity index (χ1) is 9.34. The quantitative estimate of drug-likeness (QED) is 0.815. The van der Waals surface area contributed by atoms with Crippen LogP contribution in [0.1, 0.15) is 5.56 Å². The first-order valence-corrected chi connectivity index (χ1v) is 7.77. The van der Waals surface area contributed by atoms with Gasteiger partial charge >= 0.3 is 0 Å². The van der Waals surface area contributed by atoms with Gasteiger partial charge in [0.1, 0.15) is 6.07 Å². The first kappa shape index (κ1) is 14.7. The number of hydrogen-bond donors (Lipinski definition) is 0. The van der Waals surface area contributed by atoms with Gasteiger partial charge in [-0.25, -0.2) is 17.2 Å². The molecule has 8 heteroatoms. The maximum absolute atomic E-state index is 13.9. The summed E-state index contributed by atoms with van der Waals surface area (Å²) in [7, 11) is -3.26. The Labute approximate surface area is 116 Å². The van der Waals surface area contributed by atoms with E-state index in [0.29, 0.717) is 0 Å². The van der Waals surface area contributed by atoms with Gasteiger partial charge in [0.05, 0.1) is 17.5 Å². The molecule has 0 unspecified atom stereocenters. The topological polar surface area (TPSA) is 64.4 Å². The molecule has 2 rings (SSSR count). The molecule has 0 atom stereocenters. The van der Waals surface area contributed by atoms with Crippen LogP contribution in [-0.4, -0.2) is 45.2 Å². The molecule has 108 valence electrons. The normalized spacial score (nSPS) is 17.0. The molecule has 0 spiro atoms. The number of sulfonamides is 1. The fraction of sp³-hybridized carbons (Fsp3) is 0.417. The van der Waals surface area contributed by atoms with Gasteiger partial charge in [-0.2, -0.15) is 9.57 Å². The Bertz CT molecular complexity index is 662. The Morgan fingerprint density at radius 2 is 1.75 bits per heavy atom. The van der Waals surface area contributed by atoms with Gasteiger partial charge in [0.25, 0.3) is 0 Å². The summed E-state index contributed by atoms with van der Waals surface area (Å²) < 4.78 is 51.5. The van der Waals surface area contributed by atoms with E-state index in [0.717, 1.165) is 6.26 Å². The highest BCUT2D eigenvalue weighted by Gasteiger charge is 2.26. The lowest BCUT2D eigenvalue weighted by Crippen LogP contribution is -2.48. The van der Waals surface area contributed by atoms with Crippen molar-refractivity contribution < 1.29 is 17.2 Å². The Hall–Kier alpha value is -1.72. The summed E-state index contributed by atoms with van der Waals surface area (Å²) in [6.45, 7) is 0.991. The van der Waals surface area contributed by atoms with Crippen molar-refractivity contribution in [2.75, 3.05) is 37.3 Å². The van der Waals surface area contributed by atoms with E-state index < -0.39 is 21.7 Å². The lowest BCUT2D eigenvalue weighted by atomic mass is 10.1. The largest absolute Gasteiger partial charge is 0.366 e. The van der Waals surface area contributed by atoms with E-state index in [1.807, 2.05) is 0 Å². The SMILES string of the molecule is CS(=O)(=O)N1CCN(c2ccc(C#N)c(F)c2F)CC1. The molecule has 0 aromatic heterocycles. The van der Waals surface area contributed by atoms with Crippen molar-refractivity contribution >= 4 is 15.7 Å². The van der Waals surface area contributed by atoms with Crippen molar-refractivity contribution in [2.24, 2.45) is 0 Å². The molecule has 1 aliphatic heterocycles. The van der Waals surface area contributed by atoms with Gasteiger partial charge in [-0.3, -0.25) is 0 Å². The number of nitriles is 1. The zero-order valence-corrected chi connectivity index (χ0v) is 11.6. The standard InChI is InChI=1S/C12H13F2N3O2S/c1-20(18,19)17-6-4-16(5-7-17)10-3-2-9(8-15)11(13)12(10)14/h2-3H,4-7H2,1H3. The van der Waals surface area contributed by atoms with Crippen LogP contribution in [-0.2, 0) is 10.0 Å². The minimum absolute atomic E-state index is 0.0506. The molecule has 0 saturated carbocycles. The van der Waals surface area contributed by atoms with Gasteiger partial charge in [-0.05, 0) is 12.1 Å². The Balaban J connectivity index is 2.20. The Morgan fingerprint density at radius 3 is 2.25 bits per heavy atom. The molecule has 0 aliphatic carbocycles. The molecular weight excluding hydrogens is 288 g/mol. The van der Waals surface area contributed by atoms with E-state index in [9.17, 15) is 17.2 Å². The zero-order chi connectivity index (χ0) is 14.9. The number of benzene rings is 1. The molecule has 1 aromatic carbocycles. The lowest BCUT2D eigenvalue weighted by Gasteiger charge is -2.34. The number of hydrogen-bond acceptors (Lipinski definition) is 4. The second kappa shape index (κ2) is 5.34. The van der Waals surface area contributed by atoms with Gasteiger partial charge in [0.15, 0.2) is 11.6 Å². The second-order valence-corrected chi connectivity index (χ2v) is 6.50. The van der Waals surface area contributed by atoms with Gasteiger partial charge in [0.2, 0.25) is 10.0 Å². The van der Waals surface area contributed by atoms with Crippen molar-refractivity contribution in [1.82, 2.24) is 4.31 Å². The van der Waals surface area contributed by atoms with Crippen LogP contribution >= 0.6 is 0 Å². The summed E-state index contributed by atoms with van der Waals surface area (Å²) >= 11 is 0. The summed E-state index contributed by atoms with van der Waals surface area (Å²) in [6.07, 6.45) is 1.12. The van der Waals surface area contributed by atoms with Gasteiger partial charge in [-0.15, -0.1) is 0 Å². The Morgan fingerprint density at radius 1 is 1.15 bits per heavy atom. The van der Waals surface area contributed by atoms with E-state index in [1.165, 1.54) is 16.4 Å². The van der Waals surface area contributed by atoms with Crippen LogP contribution < -0.4 is 4.90 Å². The highest BCUT2D eigenvalue weighted by molar-refractivity contribution is 7.88. The zero-order valence-electron chi connectivity index (χ0n) is 10.8. The minimum Gasteiger partial charge on any atom is -0.366 e. The van der Waals surface area contributed by atoms with Crippen molar-refractivity contribution in [3.05, 3.63) is 29.3 Å². The minimum atomic E-state index is -3.26. The number of rotatable bonds is 2. The smallest absolute Gasteiger partial charge is 0.211 e. The molecule has 0 radical (unpaired) electrons. The molecule has 1 heterocycles. The van der Waals surface area contributed by atoms with Crippen molar-refractivity contribution in [3.8, 4) is 6.07 Å². The van der Waals surface area contributed by atoms with E-state index >= 15 is 0 Å². The van der Waals surface area contributed by atoms with Gasteiger partial charge in [-0.1, -0.05) is 0 Å². The molecule has 1 aromatic rings. The fourth-order valence-corrected chi connectivity index (χ4v) is 2.96. The summed E-state index contributed by atoms with van der Waals surface area (Å²) in [4.78, 5) is 1.57. The predicted molar refractivity (Wildman–Crippen MR) is 69.7 cm³/mol.